The molecule has 1 aliphatic heterocycles. The van der Waals surface area contributed by atoms with E-state index in [9.17, 15) is 19.7 Å². The smallest absolute Gasteiger partial charge is 0.410 e. The van der Waals surface area contributed by atoms with Crippen LogP contribution in [0.5, 0.6) is 0 Å². The Hall–Kier alpha value is -2.38. The molecule has 0 radical (unpaired) electrons. The van der Waals surface area contributed by atoms with Crippen molar-refractivity contribution in [2.75, 3.05) is 13.1 Å². The average Bonchev–Trinajstić information content (AvgIpc) is 2.26. The van der Waals surface area contributed by atoms with Crippen LogP contribution in [0.25, 0.3) is 0 Å². The van der Waals surface area contributed by atoms with Gasteiger partial charge in [0, 0.05) is 25.4 Å². The van der Waals surface area contributed by atoms with Crippen molar-refractivity contribution in [3.63, 3.8) is 0 Å². The summed E-state index contributed by atoms with van der Waals surface area (Å²) in [5.41, 5.74) is -1.70. The van der Waals surface area contributed by atoms with E-state index in [0.717, 1.165) is 0 Å². The van der Waals surface area contributed by atoms with E-state index in [4.69, 9.17) is 4.74 Å². The zero-order valence-electron chi connectivity index (χ0n) is 12.1. The fourth-order valence-corrected chi connectivity index (χ4v) is 2.03. The van der Waals surface area contributed by atoms with E-state index in [-0.39, 0.29) is 6.04 Å². The van der Waals surface area contributed by atoms with E-state index in [1.54, 1.807) is 20.8 Å². The first kappa shape index (κ1) is 15.0. The highest BCUT2D eigenvalue weighted by atomic mass is 16.6. The summed E-state index contributed by atoms with van der Waals surface area (Å²) >= 11 is 0. The van der Waals surface area contributed by atoms with Gasteiger partial charge in [-0.05, 0) is 26.8 Å². The van der Waals surface area contributed by atoms with E-state index in [2.05, 4.69) is 0 Å². The van der Waals surface area contributed by atoms with Gasteiger partial charge < -0.3 is 14.2 Å². The molecule has 21 heavy (non-hydrogen) atoms. The molecular weight excluding hydrogens is 278 g/mol. The number of likely N-dealkylation sites (tertiary alicyclic amines) is 1. The summed E-state index contributed by atoms with van der Waals surface area (Å²) in [6, 6.07) is 2.36. The monoisotopic (exact) mass is 295 g/mol. The lowest BCUT2D eigenvalue weighted by Gasteiger charge is -2.40. The first-order valence-corrected chi connectivity index (χ1v) is 6.52. The maximum atomic E-state index is 11.9. The van der Waals surface area contributed by atoms with Gasteiger partial charge in [-0.2, -0.15) is 0 Å². The fourth-order valence-electron chi connectivity index (χ4n) is 2.03. The lowest BCUT2D eigenvalue weighted by molar-refractivity contribution is -0.386. The summed E-state index contributed by atoms with van der Waals surface area (Å²) in [5, 5.41) is 10.7. The maximum Gasteiger partial charge on any atom is 0.410 e. The van der Waals surface area contributed by atoms with Gasteiger partial charge in [-0.25, -0.2) is 4.79 Å². The minimum Gasteiger partial charge on any atom is -0.444 e. The number of pyridine rings is 1. The Labute approximate surface area is 121 Å². The molecule has 8 heteroatoms. The van der Waals surface area contributed by atoms with Crippen molar-refractivity contribution in [3.05, 3.63) is 38.8 Å². The largest absolute Gasteiger partial charge is 0.444 e. The van der Waals surface area contributed by atoms with Crippen LogP contribution < -0.4 is 5.56 Å². The van der Waals surface area contributed by atoms with E-state index in [0.29, 0.717) is 13.1 Å². The van der Waals surface area contributed by atoms with E-state index in [1.165, 1.54) is 27.8 Å². The molecule has 0 aliphatic carbocycles. The van der Waals surface area contributed by atoms with Crippen LogP contribution >= 0.6 is 0 Å². The first-order chi connectivity index (χ1) is 9.69. The SMILES string of the molecule is CC(C)(C)OC(=O)N1CC(n2cccc([N+](=O)[O-])c2=O)C1. The second-order valence-corrected chi connectivity index (χ2v) is 5.90. The van der Waals surface area contributed by atoms with Crippen molar-refractivity contribution in [1.29, 1.82) is 0 Å². The number of hydrogen-bond donors (Lipinski definition) is 0. The zero-order chi connectivity index (χ0) is 15.8. The van der Waals surface area contributed by atoms with Crippen LogP contribution in [0.4, 0.5) is 10.5 Å². The third-order valence-electron chi connectivity index (χ3n) is 3.06. The molecule has 1 aromatic rings. The molecule has 114 valence electrons. The average molecular weight is 295 g/mol. The third kappa shape index (κ3) is 3.21. The summed E-state index contributed by atoms with van der Waals surface area (Å²) < 4.78 is 6.50. The third-order valence-corrected chi connectivity index (χ3v) is 3.06. The number of amides is 1. The van der Waals surface area contributed by atoms with E-state index < -0.39 is 27.9 Å². The number of nitro groups is 1. The number of hydrogen-bond acceptors (Lipinski definition) is 5. The highest BCUT2D eigenvalue weighted by Crippen LogP contribution is 2.23. The van der Waals surface area contributed by atoms with Crippen molar-refractivity contribution in [2.45, 2.75) is 32.4 Å². The van der Waals surface area contributed by atoms with Crippen LogP contribution in [-0.4, -0.2) is 39.2 Å². The highest BCUT2D eigenvalue weighted by molar-refractivity contribution is 5.69. The zero-order valence-corrected chi connectivity index (χ0v) is 12.1. The summed E-state index contributed by atoms with van der Waals surface area (Å²) in [6.07, 6.45) is 1.05. The van der Waals surface area contributed by atoms with Gasteiger partial charge in [0.1, 0.15) is 5.60 Å². The molecule has 0 atom stereocenters. The molecule has 0 bridgehead atoms. The highest BCUT2D eigenvalue weighted by Gasteiger charge is 2.35. The molecule has 0 unspecified atom stereocenters. The molecule has 1 aromatic heterocycles. The molecule has 1 fully saturated rings. The molecule has 1 amide bonds. The number of rotatable bonds is 2. The van der Waals surface area contributed by atoms with Gasteiger partial charge in [0.2, 0.25) is 0 Å². The summed E-state index contributed by atoms with van der Waals surface area (Å²) in [4.78, 5) is 35.2. The molecule has 0 N–H and O–H groups in total. The molecule has 8 nitrogen and oxygen atoms in total. The second-order valence-electron chi connectivity index (χ2n) is 5.90. The molecule has 0 aromatic carbocycles. The van der Waals surface area contributed by atoms with Crippen molar-refractivity contribution >= 4 is 11.8 Å². The van der Waals surface area contributed by atoms with Crippen molar-refractivity contribution in [2.24, 2.45) is 0 Å². The Morgan fingerprint density at radius 1 is 1.43 bits per heavy atom. The summed E-state index contributed by atoms with van der Waals surface area (Å²) in [6.45, 7) is 5.92. The van der Waals surface area contributed by atoms with Gasteiger partial charge in [0.05, 0.1) is 11.0 Å². The molecular formula is C13H17N3O5. The number of ether oxygens (including phenoxy) is 1. The summed E-state index contributed by atoms with van der Waals surface area (Å²) in [5.74, 6) is 0. The molecule has 2 rings (SSSR count). The van der Waals surface area contributed by atoms with Crippen LogP contribution in [0.15, 0.2) is 23.1 Å². The van der Waals surface area contributed by atoms with Gasteiger partial charge >= 0.3 is 17.3 Å². The normalized spacial score (nSPS) is 15.5. The van der Waals surface area contributed by atoms with Crippen molar-refractivity contribution < 1.29 is 14.5 Å². The van der Waals surface area contributed by atoms with Crippen molar-refractivity contribution in [1.82, 2.24) is 9.47 Å². The Morgan fingerprint density at radius 3 is 2.57 bits per heavy atom. The minimum atomic E-state index is -0.705. The Morgan fingerprint density at radius 2 is 2.05 bits per heavy atom. The van der Waals surface area contributed by atoms with Gasteiger partial charge in [-0.1, -0.05) is 0 Å². The molecule has 1 saturated heterocycles. The van der Waals surface area contributed by atoms with Crippen LogP contribution in [0.2, 0.25) is 0 Å². The minimum absolute atomic E-state index is 0.259. The van der Waals surface area contributed by atoms with Crippen LogP contribution in [0.1, 0.15) is 26.8 Å². The number of nitrogens with zero attached hydrogens (tertiary/aromatic N) is 3. The van der Waals surface area contributed by atoms with Gasteiger partial charge in [0.15, 0.2) is 0 Å². The topological polar surface area (TPSA) is 94.7 Å². The van der Waals surface area contributed by atoms with Gasteiger partial charge in [-0.15, -0.1) is 0 Å². The second kappa shape index (κ2) is 5.19. The van der Waals surface area contributed by atoms with Crippen LogP contribution in [0.3, 0.4) is 0 Å². The number of carbonyl (C=O) groups is 1. The molecule has 0 spiro atoms. The van der Waals surface area contributed by atoms with Crippen LogP contribution in [0, 0.1) is 10.1 Å². The summed E-state index contributed by atoms with van der Waals surface area (Å²) in [7, 11) is 0. The predicted molar refractivity (Wildman–Crippen MR) is 74.2 cm³/mol. The van der Waals surface area contributed by atoms with Crippen LogP contribution in [-0.2, 0) is 4.74 Å². The lowest BCUT2D eigenvalue weighted by atomic mass is 10.1. The Bertz CT molecular complexity index is 625. The Kier molecular flexibility index (Phi) is 3.71. The van der Waals surface area contributed by atoms with Gasteiger partial charge in [0.25, 0.3) is 0 Å². The Balaban J connectivity index is 2.06. The predicted octanol–water partition coefficient (Wildman–Crippen LogP) is 1.55. The molecule has 2 heterocycles. The van der Waals surface area contributed by atoms with E-state index >= 15 is 0 Å². The first-order valence-electron chi connectivity index (χ1n) is 6.52. The molecule has 0 saturated carbocycles. The lowest BCUT2D eigenvalue weighted by Crippen LogP contribution is -2.53. The molecule has 1 aliphatic rings. The number of carbonyl (C=O) groups excluding carboxylic acids is 1. The van der Waals surface area contributed by atoms with E-state index in [1.807, 2.05) is 0 Å². The fraction of sp³-hybridized carbons (Fsp3) is 0.538. The number of aromatic nitrogens is 1. The van der Waals surface area contributed by atoms with Gasteiger partial charge in [-0.3, -0.25) is 14.9 Å². The standard InChI is InChI=1S/C13H17N3O5/c1-13(2,3)21-12(18)14-7-9(8-14)15-6-4-5-10(11(15)17)16(19)20/h4-6,9H,7-8H2,1-3H3. The maximum absolute atomic E-state index is 11.9. The quantitative estimate of drug-likeness (QED) is 0.609. The van der Waals surface area contributed by atoms with Crippen molar-refractivity contribution in [3.8, 4) is 0 Å².